The van der Waals surface area contributed by atoms with Gasteiger partial charge in [0.2, 0.25) is 0 Å². The van der Waals surface area contributed by atoms with Crippen LogP contribution < -0.4 is 5.32 Å². The second kappa shape index (κ2) is 7.79. The summed E-state index contributed by atoms with van der Waals surface area (Å²) in [6, 6.07) is 21.7. The highest BCUT2D eigenvalue weighted by molar-refractivity contribution is 5.64. The van der Waals surface area contributed by atoms with Gasteiger partial charge in [-0.2, -0.15) is 13.2 Å². The lowest BCUT2D eigenvalue weighted by Crippen LogP contribution is -2.37. The van der Waals surface area contributed by atoms with Crippen molar-refractivity contribution in [2.45, 2.75) is 11.7 Å². The summed E-state index contributed by atoms with van der Waals surface area (Å²) in [6.45, 7) is -0.421. The smallest absolute Gasteiger partial charge is 0.393 e. The van der Waals surface area contributed by atoms with Gasteiger partial charge in [-0.25, -0.2) is 0 Å². The van der Waals surface area contributed by atoms with Gasteiger partial charge in [0.15, 0.2) is 0 Å². The number of aliphatic hydroxyl groups excluding tert-OH is 1. The van der Waals surface area contributed by atoms with Crippen molar-refractivity contribution < 1.29 is 18.3 Å². The van der Waals surface area contributed by atoms with Crippen LogP contribution >= 0.6 is 0 Å². The van der Waals surface area contributed by atoms with Gasteiger partial charge in [-0.05, 0) is 41.0 Å². The Kier molecular flexibility index (Phi) is 5.43. The fourth-order valence-electron chi connectivity index (χ4n) is 2.93. The summed E-state index contributed by atoms with van der Waals surface area (Å²) in [5.74, 6) is 2.55. The number of halogens is 3. The first kappa shape index (κ1) is 19.5. The van der Waals surface area contributed by atoms with Gasteiger partial charge in [0.05, 0.1) is 12.2 Å². The first-order chi connectivity index (χ1) is 13.4. The highest BCUT2D eigenvalue weighted by atomic mass is 19.4. The standard InChI is InChI=1S/C23H18F3NO/c1-2-22(16-28,27-21-14-12-20(13-15-21)23(24,25)26)19-10-8-18(9-11-19)17-6-4-3-5-7-17/h1,3-15,27-28H,16H2/t22-/m0/s1. The quantitative estimate of drug-likeness (QED) is 0.588. The van der Waals surface area contributed by atoms with Crippen LogP contribution in [0.15, 0.2) is 78.9 Å². The van der Waals surface area contributed by atoms with Crippen LogP contribution in [0.25, 0.3) is 11.1 Å². The fraction of sp³-hybridized carbons (Fsp3) is 0.130. The highest BCUT2D eigenvalue weighted by Gasteiger charge is 2.32. The van der Waals surface area contributed by atoms with E-state index in [-0.39, 0.29) is 0 Å². The molecule has 0 heterocycles. The van der Waals surface area contributed by atoms with Gasteiger partial charge in [0, 0.05) is 5.69 Å². The maximum Gasteiger partial charge on any atom is 0.416 e. The maximum absolute atomic E-state index is 12.7. The number of terminal acetylenes is 1. The summed E-state index contributed by atoms with van der Waals surface area (Å²) in [6.07, 6.45) is 1.28. The molecule has 0 radical (unpaired) electrons. The Balaban J connectivity index is 1.89. The second-order valence-corrected chi connectivity index (χ2v) is 6.35. The molecule has 0 saturated heterocycles. The molecule has 0 aromatic heterocycles. The lowest BCUT2D eigenvalue weighted by molar-refractivity contribution is -0.137. The summed E-state index contributed by atoms with van der Waals surface area (Å²) in [5.41, 5.74) is 1.04. The molecule has 2 N–H and O–H groups in total. The Morgan fingerprint density at radius 3 is 1.82 bits per heavy atom. The molecule has 0 fully saturated rings. The summed E-state index contributed by atoms with van der Waals surface area (Å²) >= 11 is 0. The van der Waals surface area contributed by atoms with E-state index in [1.165, 1.54) is 12.1 Å². The average molecular weight is 381 g/mol. The molecule has 0 bridgehead atoms. The molecule has 0 aliphatic carbocycles. The number of aliphatic hydroxyl groups is 1. The fourth-order valence-corrected chi connectivity index (χ4v) is 2.93. The SMILES string of the molecule is C#C[C@@](CO)(Nc1ccc(C(F)(F)F)cc1)c1ccc(-c2ccccc2)cc1. The lowest BCUT2D eigenvalue weighted by atomic mass is 9.89. The van der Waals surface area contributed by atoms with Gasteiger partial charge >= 0.3 is 6.18 Å². The Morgan fingerprint density at radius 1 is 0.786 bits per heavy atom. The number of rotatable bonds is 5. The van der Waals surface area contributed by atoms with E-state index in [2.05, 4.69) is 11.2 Å². The molecular weight excluding hydrogens is 363 g/mol. The molecule has 3 rings (SSSR count). The van der Waals surface area contributed by atoms with Crippen molar-refractivity contribution in [2.24, 2.45) is 0 Å². The molecule has 1 atom stereocenters. The van der Waals surface area contributed by atoms with E-state index in [0.29, 0.717) is 11.3 Å². The van der Waals surface area contributed by atoms with Crippen molar-refractivity contribution in [1.29, 1.82) is 0 Å². The molecule has 0 amide bonds. The van der Waals surface area contributed by atoms with Crippen LogP contribution in [0, 0.1) is 12.3 Å². The van der Waals surface area contributed by atoms with Crippen LogP contribution in [0.5, 0.6) is 0 Å². The first-order valence-corrected chi connectivity index (χ1v) is 8.58. The molecule has 28 heavy (non-hydrogen) atoms. The van der Waals surface area contributed by atoms with E-state index < -0.39 is 23.9 Å². The minimum Gasteiger partial charge on any atom is -0.393 e. The second-order valence-electron chi connectivity index (χ2n) is 6.35. The normalized spacial score (nSPS) is 13.4. The topological polar surface area (TPSA) is 32.3 Å². The highest BCUT2D eigenvalue weighted by Crippen LogP contribution is 2.32. The van der Waals surface area contributed by atoms with Crippen molar-refractivity contribution in [1.82, 2.24) is 0 Å². The van der Waals surface area contributed by atoms with Crippen LogP contribution in [0.3, 0.4) is 0 Å². The zero-order valence-electron chi connectivity index (χ0n) is 14.9. The Hall–Kier alpha value is -3.23. The molecule has 0 spiro atoms. The van der Waals surface area contributed by atoms with Gasteiger partial charge < -0.3 is 10.4 Å². The van der Waals surface area contributed by atoms with Gasteiger partial charge in [0.25, 0.3) is 0 Å². The van der Waals surface area contributed by atoms with Gasteiger partial charge in [-0.15, -0.1) is 6.42 Å². The van der Waals surface area contributed by atoms with E-state index in [9.17, 15) is 18.3 Å². The van der Waals surface area contributed by atoms with E-state index >= 15 is 0 Å². The van der Waals surface area contributed by atoms with Crippen LogP contribution in [-0.4, -0.2) is 11.7 Å². The molecular formula is C23H18F3NO. The minimum absolute atomic E-state index is 0.382. The molecule has 142 valence electrons. The van der Waals surface area contributed by atoms with Crippen LogP contribution in [0.2, 0.25) is 0 Å². The van der Waals surface area contributed by atoms with E-state index in [0.717, 1.165) is 23.3 Å². The van der Waals surface area contributed by atoms with Crippen LogP contribution in [0.4, 0.5) is 18.9 Å². The summed E-state index contributed by atoms with van der Waals surface area (Å²) in [5, 5.41) is 13.0. The van der Waals surface area contributed by atoms with Crippen molar-refractivity contribution >= 4 is 5.69 Å². The zero-order chi connectivity index (χ0) is 20.2. The third-order valence-corrected chi connectivity index (χ3v) is 4.54. The number of nitrogens with one attached hydrogen (secondary N) is 1. The van der Waals surface area contributed by atoms with Crippen molar-refractivity contribution in [3.05, 3.63) is 90.0 Å². The van der Waals surface area contributed by atoms with Crippen molar-refractivity contribution in [3.8, 4) is 23.5 Å². The third-order valence-electron chi connectivity index (χ3n) is 4.54. The van der Waals surface area contributed by atoms with Crippen molar-refractivity contribution in [3.63, 3.8) is 0 Å². The number of benzene rings is 3. The number of hydrogen-bond acceptors (Lipinski definition) is 2. The number of hydrogen-bond donors (Lipinski definition) is 2. The molecule has 5 heteroatoms. The summed E-state index contributed by atoms with van der Waals surface area (Å²) in [7, 11) is 0. The molecule has 3 aromatic carbocycles. The van der Waals surface area contributed by atoms with Gasteiger partial charge in [-0.1, -0.05) is 60.5 Å². The largest absolute Gasteiger partial charge is 0.416 e. The van der Waals surface area contributed by atoms with Gasteiger partial charge in [-0.3, -0.25) is 0 Å². The van der Waals surface area contributed by atoms with Crippen molar-refractivity contribution in [2.75, 3.05) is 11.9 Å². The predicted octanol–water partition coefficient (Wildman–Crippen LogP) is 5.31. The maximum atomic E-state index is 12.7. The Labute approximate surface area is 161 Å². The molecule has 0 unspecified atom stereocenters. The van der Waals surface area contributed by atoms with Crippen LogP contribution in [0.1, 0.15) is 11.1 Å². The molecule has 0 saturated carbocycles. The number of alkyl halides is 3. The van der Waals surface area contributed by atoms with Gasteiger partial charge in [0.1, 0.15) is 5.54 Å². The Bertz CT molecular complexity index is 958. The molecule has 0 aliphatic rings. The first-order valence-electron chi connectivity index (χ1n) is 8.58. The Morgan fingerprint density at radius 2 is 1.32 bits per heavy atom. The average Bonchev–Trinajstić information content (AvgIpc) is 2.73. The lowest BCUT2D eigenvalue weighted by Gasteiger charge is -2.29. The molecule has 2 nitrogen and oxygen atoms in total. The molecule has 3 aromatic rings. The summed E-state index contributed by atoms with van der Waals surface area (Å²) < 4.78 is 38.2. The third kappa shape index (κ3) is 4.03. The summed E-state index contributed by atoms with van der Waals surface area (Å²) in [4.78, 5) is 0. The molecule has 0 aliphatic heterocycles. The number of anilines is 1. The van der Waals surface area contributed by atoms with E-state index in [1.54, 1.807) is 12.1 Å². The van der Waals surface area contributed by atoms with Crippen LogP contribution in [-0.2, 0) is 11.7 Å². The van der Waals surface area contributed by atoms with E-state index in [4.69, 9.17) is 6.42 Å². The van der Waals surface area contributed by atoms with E-state index in [1.807, 2.05) is 42.5 Å². The monoisotopic (exact) mass is 381 g/mol. The zero-order valence-corrected chi connectivity index (χ0v) is 14.9. The minimum atomic E-state index is -4.41. The predicted molar refractivity (Wildman–Crippen MR) is 105 cm³/mol.